The fourth-order valence-corrected chi connectivity index (χ4v) is 4.47. The van der Waals surface area contributed by atoms with Gasteiger partial charge in [-0.2, -0.15) is 0 Å². The second kappa shape index (κ2) is 7.68. The first-order chi connectivity index (χ1) is 12.1. The Morgan fingerprint density at radius 2 is 2.04 bits per heavy atom. The summed E-state index contributed by atoms with van der Waals surface area (Å²) in [5.74, 6) is 0.698. The molecule has 0 bridgehead atoms. The minimum Gasteiger partial charge on any atom is -0.497 e. The molecule has 25 heavy (non-hydrogen) atoms. The normalized spacial score (nSPS) is 22.4. The van der Waals surface area contributed by atoms with Crippen LogP contribution in [-0.4, -0.2) is 54.1 Å². The van der Waals surface area contributed by atoms with Crippen molar-refractivity contribution in [2.24, 2.45) is 0 Å². The van der Waals surface area contributed by atoms with Crippen molar-refractivity contribution < 1.29 is 23.8 Å². The zero-order chi connectivity index (χ0) is 18.0. The second-order valence-corrected chi connectivity index (χ2v) is 6.95. The van der Waals surface area contributed by atoms with Crippen LogP contribution < -0.4 is 4.74 Å². The Kier molecular flexibility index (Phi) is 5.56. The minimum absolute atomic E-state index is 0.107. The first kappa shape index (κ1) is 18.1. The molecule has 2 aliphatic rings. The number of fused-ring (bicyclic) bond motifs is 1. The molecule has 0 spiro atoms. The summed E-state index contributed by atoms with van der Waals surface area (Å²) in [7, 11) is 3.08. The van der Waals surface area contributed by atoms with Gasteiger partial charge in [0.25, 0.3) is 5.91 Å². The number of methoxy groups -OCH3 is 2. The summed E-state index contributed by atoms with van der Waals surface area (Å²) >= 11 is 7.50. The van der Waals surface area contributed by atoms with Crippen LogP contribution in [0, 0.1) is 0 Å². The highest BCUT2D eigenvalue weighted by atomic mass is 35.5. The van der Waals surface area contributed by atoms with Gasteiger partial charge in [0, 0.05) is 18.7 Å². The molecule has 1 amide bonds. The third-order valence-electron chi connectivity index (χ3n) is 4.14. The number of halogens is 1. The monoisotopic (exact) mass is 383 g/mol. The number of carbonyl (C=O) groups excluding carboxylic acids is 2. The van der Waals surface area contributed by atoms with Gasteiger partial charge >= 0.3 is 5.97 Å². The Balaban J connectivity index is 1.72. The van der Waals surface area contributed by atoms with Crippen LogP contribution in [0.25, 0.3) is 0 Å². The number of nitrogens with zero attached hydrogens (tertiary/aromatic N) is 1. The van der Waals surface area contributed by atoms with E-state index in [1.54, 1.807) is 19.2 Å². The summed E-state index contributed by atoms with van der Waals surface area (Å²) < 4.78 is 15.7. The predicted molar refractivity (Wildman–Crippen MR) is 94.4 cm³/mol. The van der Waals surface area contributed by atoms with E-state index in [0.29, 0.717) is 11.3 Å². The van der Waals surface area contributed by atoms with Crippen molar-refractivity contribution in [3.63, 3.8) is 0 Å². The lowest BCUT2D eigenvalue weighted by Crippen LogP contribution is -2.65. The fraction of sp³-hybridized carbons (Fsp3) is 0.412. The molecule has 0 radical (unpaired) electrons. The summed E-state index contributed by atoms with van der Waals surface area (Å²) in [5, 5.41) is -0.201. The lowest BCUT2D eigenvalue weighted by atomic mass is 10.1. The van der Waals surface area contributed by atoms with Crippen molar-refractivity contribution in [2.75, 3.05) is 25.9 Å². The van der Waals surface area contributed by atoms with Crippen molar-refractivity contribution in [1.82, 2.24) is 4.90 Å². The molecule has 0 unspecified atom stereocenters. The number of rotatable bonds is 6. The van der Waals surface area contributed by atoms with E-state index < -0.39 is 12.1 Å². The molecule has 0 aliphatic carbocycles. The van der Waals surface area contributed by atoms with Gasteiger partial charge in [0.1, 0.15) is 23.4 Å². The van der Waals surface area contributed by atoms with E-state index in [9.17, 15) is 9.59 Å². The Morgan fingerprint density at radius 1 is 1.32 bits per heavy atom. The molecule has 0 aromatic heterocycles. The SMILES string of the molecule is COc1ccc(COC(=O)C2=C(CCl)CS[C@@H]3[C@@H](OC)C(=O)N23)cc1. The van der Waals surface area contributed by atoms with Crippen LogP contribution in [0.4, 0.5) is 0 Å². The maximum Gasteiger partial charge on any atom is 0.355 e. The average molecular weight is 384 g/mol. The van der Waals surface area contributed by atoms with E-state index in [1.807, 2.05) is 12.1 Å². The summed E-state index contributed by atoms with van der Waals surface area (Å²) in [5.41, 5.74) is 1.78. The van der Waals surface area contributed by atoms with Gasteiger partial charge in [0.05, 0.1) is 7.11 Å². The van der Waals surface area contributed by atoms with Crippen LogP contribution in [0.3, 0.4) is 0 Å². The molecule has 8 heteroatoms. The highest BCUT2D eigenvalue weighted by Gasteiger charge is 2.54. The van der Waals surface area contributed by atoms with E-state index >= 15 is 0 Å². The average Bonchev–Trinajstić information content (AvgIpc) is 2.65. The zero-order valence-electron chi connectivity index (χ0n) is 13.9. The third kappa shape index (κ3) is 3.36. The number of esters is 1. The number of β-lactam (4-membered cyclic amide) rings is 1. The van der Waals surface area contributed by atoms with E-state index in [4.69, 9.17) is 25.8 Å². The molecule has 2 atom stereocenters. The largest absolute Gasteiger partial charge is 0.497 e. The Bertz CT molecular complexity index is 705. The second-order valence-electron chi connectivity index (χ2n) is 5.58. The zero-order valence-corrected chi connectivity index (χ0v) is 15.4. The van der Waals surface area contributed by atoms with Crippen LogP contribution >= 0.6 is 23.4 Å². The Labute approximate surface area is 155 Å². The van der Waals surface area contributed by atoms with Gasteiger partial charge in [0.2, 0.25) is 0 Å². The third-order valence-corrected chi connectivity index (χ3v) is 5.77. The highest BCUT2D eigenvalue weighted by molar-refractivity contribution is 8.00. The smallest absolute Gasteiger partial charge is 0.355 e. The van der Waals surface area contributed by atoms with Crippen molar-refractivity contribution in [1.29, 1.82) is 0 Å². The Hall–Kier alpha value is -1.70. The number of hydrogen-bond donors (Lipinski definition) is 0. The number of ether oxygens (including phenoxy) is 3. The molecule has 2 aliphatic heterocycles. The summed E-state index contributed by atoms with van der Waals surface area (Å²) in [6, 6.07) is 7.22. The molecule has 1 aromatic carbocycles. The van der Waals surface area contributed by atoms with Crippen LogP contribution in [0.5, 0.6) is 5.75 Å². The van der Waals surface area contributed by atoms with Crippen LogP contribution in [0.15, 0.2) is 35.5 Å². The number of benzene rings is 1. The number of carbonyl (C=O) groups is 2. The molecule has 0 N–H and O–H groups in total. The van der Waals surface area contributed by atoms with Gasteiger partial charge in [-0.15, -0.1) is 23.4 Å². The van der Waals surface area contributed by atoms with Crippen LogP contribution in [0.1, 0.15) is 5.56 Å². The summed E-state index contributed by atoms with van der Waals surface area (Å²) in [6.45, 7) is 0.107. The number of amides is 1. The van der Waals surface area contributed by atoms with Crippen molar-refractivity contribution >= 4 is 35.2 Å². The molecule has 6 nitrogen and oxygen atoms in total. The quantitative estimate of drug-likeness (QED) is 0.426. The van der Waals surface area contributed by atoms with Crippen LogP contribution in [0.2, 0.25) is 0 Å². The Morgan fingerprint density at radius 3 is 2.64 bits per heavy atom. The highest BCUT2D eigenvalue weighted by Crippen LogP contribution is 2.41. The maximum absolute atomic E-state index is 12.6. The molecule has 134 valence electrons. The summed E-state index contributed by atoms with van der Waals surface area (Å²) in [6.07, 6.45) is -0.522. The molecule has 2 heterocycles. The lowest BCUT2D eigenvalue weighted by molar-refractivity contribution is -0.163. The van der Waals surface area contributed by atoms with Gasteiger partial charge in [0.15, 0.2) is 6.10 Å². The molecule has 1 aromatic rings. The van der Waals surface area contributed by atoms with Gasteiger partial charge in [-0.05, 0) is 23.3 Å². The van der Waals surface area contributed by atoms with Crippen molar-refractivity contribution in [2.45, 2.75) is 18.1 Å². The van der Waals surface area contributed by atoms with E-state index in [2.05, 4.69) is 0 Å². The first-order valence-corrected chi connectivity index (χ1v) is 9.24. The van der Waals surface area contributed by atoms with Crippen LogP contribution in [-0.2, 0) is 25.7 Å². The fourth-order valence-electron chi connectivity index (χ4n) is 2.76. The standard InChI is InChI=1S/C17H18ClNO5S/c1-22-12-5-3-10(4-6-12)8-24-17(21)13-11(7-18)9-25-16-14(23-2)15(20)19(13)16/h3-6,14,16H,7-9H2,1-2H3/t14-,16+/m0/s1. The molecule has 1 saturated heterocycles. The van der Waals surface area contributed by atoms with Gasteiger partial charge in [-0.25, -0.2) is 4.79 Å². The number of thioether (sulfide) groups is 1. The van der Waals surface area contributed by atoms with Gasteiger partial charge < -0.3 is 14.2 Å². The van der Waals surface area contributed by atoms with E-state index in [-0.39, 0.29) is 29.5 Å². The topological polar surface area (TPSA) is 65.1 Å². The maximum atomic E-state index is 12.6. The molecule has 3 rings (SSSR count). The lowest BCUT2D eigenvalue weighted by Gasteiger charge is -2.48. The predicted octanol–water partition coefficient (Wildman–Crippen LogP) is 2.16. The molecular weight excluding hydrogens is 366 g/mol. The first-order valence-electron chi connectivity index (χ1n) is 7.66. The summed E-state index contributed by atoms with van der Waals surface area (Å²) in [4.78, 5) is 26.3. The van der Waals surface area contributed by atoms with Crippen molar-refractivity contribution in [3.05, 3.63) is 41.1 Å². The van der Waals surface area contributed by atoms with Gasteiger partial charge in [-0.1, -0.05) is 12.1 Å². The molecule has 0 saturated carbocycles. The molecular formula is C17H18ClNO5S. The van der Waals surface area contributed by atoms with Gasteiger partial charge in [-0.3, -0.25) is 9.69 Å². The van der Waals surface area contributed by atoms with E-state index in [1.165, 1.54) is 23.8 Å². The number of alkyl halides is 1. The molecule has 1 fully saturated rings. The van der Waals surface area contributed by atoms with E-state index in [0.717, 1.165) is 11.3 Å². The van der Waals surface area contributed by atoms with Crippen molar-refractivity contribution in [3.8, 4) is 5.75 Å². The number of hydrogen-bond acceptors (Lipinski definition) is 6. The minimum atomic E-state index is -0.542.